The molecule has 0 aliphatic carbocycles. The minimum atomic E-state index is -3.51. The summed E-state index contributed by atoms with van der Waals surface area (Å²) in [5.41, 5.74) is 7.70. The number of aryl methyl sites for hydroxylation is 1. The van der Waals surface area contributed by atoms with Crippen molar-refractivity contribution >= 4 is 27.0 Å². The zero-order valence-corrected chi connectivity index (χ0v) is 20.4. The molecule has 1 atom stereocenters. The van der Waals surface area contributed by atoms with Crippen molar-refractivity contribution in [3.05, 3.63) is 53.0 Å². The van der Waals surface area contributed by atoms with Gasteiger partial charge in [-0.25, -0.2) is 17.8 Å². The van der Waals surface area contributed by atoms with Crippen molar-refractivity contribution in [1.82, 2.24) is 9.29 Å². The van der Waals surface area contributed by atoms with E-state index < -0.39 is 27.9 Å². The van der Waals surface area contributed by atoms with Gasteiger partial charge in [-0.15, -0.1) is 0 Å². The van der Waals surface area contributed by atoms with Crippen LogP contribution < -0.4 is 5.73 Å². The zero-order valence-electron chi connectivity index (χ0n) is 19.5. The highest BCUT2D eigenvalue weighted by Crippen LogP contribution is 2.34. The van der Waals surface area contributed by atoms with Gasteiger partial charge in [0.05, 0.1) is 35.5 Å². The highest BCUT2D eigenvalue weighted by atomic mass is 32.2. The lowest BCUT2D eigenvalue weighted by molar-refractivity contribution is 0.100. The van der Waals surface area contributed by atoms with Gasteiger partial charge in [0, 0.05) is 12.1 Å². The summed E-state index contributed by atoms with van der Waals surface area (Å²) in [5.74, 6) is -0.943. The second-order valence-electron chi connectivity index (χ2n) is 8.42. The third-order valence-corrected chi connectivity index (χ3v) is 6.91. The Kier molecular flexibility index (Phi) is 8.06. The number of carbonyl (C=O) groups excluding carboxylic acids is 1. The molecular formula is C24H30FN3O5S. The first-order chi connectivity index (χ1) is 16.0. The molecule has 34 heavy (non-hydrogen) atoms. The molecule has 0 spiro atoms. The van der Waals surface area contributed by atoms with E-state index in [0.717, 1.165) is 11.8 Å². The van der Waals surface area contributed by atoms with E-state index in [2.05, 4.69) is 4.98 Å². The van der Waals surface area contributed by atoms with Gasteiger partial charge < -0.3 is 15.3 Å². The Morgan fingerprint density at radius 3 is 2.50 bits per heavy atom. The summed E-state index contributed by atoms with van der Waals surface area (Å²) < 4.78 is 45.5. The van der Waals surface area contributed by atoms with Crippen LogP contribution in [0.3, 0.4) is 0 Å². The average molecular weight is 492 g/mol. The van der Waals surface area contributed by atoms with Gasteiger partial charge in [-0.05, 0) is 68.5 Å². The number of primary amides is 1. The lowest BCUT2D eigenvalue weighted by Crippen LogP contribution is -2.31. The summed E-state index contributed by atoms with van der Waals surface area (Å²) in [7, 11) is -3.51. The zero-order chi connectivity index (χ0) is 25.0. The molecule has 3 N–H and O–H groups in total. The SMILES string of the molecule is CCc1cc2c(C(N)=O)c(-c3ccc(F)cc3)oc2nc1CN(CCCCC(C)O)S(C)(=O)=O. The van der Waals surface area contributed by atoms with Crippen molar-refractivity contribution in [2.24, 2.45) is 5.73 Å². The fraction of sp³-hybridized carbons (Fsp3) is 0.417. The van der Waals surface area contributed by atoms with Crippen LogP contribution in [0.4, 0.5) is 4.39 Å². The highest BCUT2D eigenvalue weighted by molar-refractivity contribution is 7.88. The van der Waals surface area contributed by atoms with Crippen LogP contribution in [0.2, 0.25) is 0 Å². The number of benzene rings is 1. The quantitative estimate of drug-likeness (QED) is 0.395. The largest absolute Gasteiger partial charge is 0.437 e. The molecule has 0 fully saturated rings. The number of rotatable bonds is 11. The number of sulfonamides is 1. The number of pyridine rings is 1. The number of aliphatic hydroxyl groups is 1. The second kappa shape index (κ2) is 10.6. The maximum Gasteiger partial charge on any atom is 0.253 e. The molecule has 2 aromatic heterocycles. The number of amides is 1. The Morgan fingerprint density at radius 2 is 1.94 bits per heavy atom. The Hall–Kier alpha value is -2.82. The maximum atomic E-state index is 13.4. The smallest absolute Gasteiger partial charge is 0.253 e. The summed E-state index contributed by atoms with van der Waals surface area (Å²) in [6.45, 7) is 3.95. The summed E-state index contributed by atoms with van der Waals surface area (Å²) >= 11 is 0. The van der Waals surface area contributed by atoms with Crippen LogP contribution >= 0.6 is 0 Å². The Labute approximate surface area is 198 Å². The van der Waals surface area contributed by atoms with Gasteiger partial charge in [0.2, 0.25) is 15.7 Å². The molecule has 1 aromatic carbocycles. The minimum absolute atomic E-state index is 0.0467. The molecule has 8 nitrogen and oxygen atoms in total. The minimum Gasteiger partial charge on any atom is -0.437 e. The first-order valence-corrected chi connectivity index (χ1v) is 13.0. The lowest BCUT2D eigenvalue weighted by Gasteiger charge is -2.21. The van der Waals surface area contributed by atoms with E-state index >= 15 is 0 Å². The van der Waals surface area contributed by atoms with Gasteiger partial charge in [0.25, 0.3) is 5.91 Å². The van der Waals surface area contributed by atoms with E-state index in [-0.39, 0.29) is 23.6 Å². The molecular weight excluding hydrogens is 461 g/mol. The summed E-state index contributed by atoms with van der Waals surface area (Å²) in [6.07, 6.45) is 3.15. The van der Waals surface area contributed by atoms with Crippen LogP contribution in [0, 0.1) is 5.82 Å². The number of fused-ring (bicyclic) bond motifs is 1. The number of hydrogen-bond donors (Lipinski definition) is 2. The molecule has 1 unspecified atom stereocenters. The topological polar surface area (TPSA) is 127 Å². The molecule has 0 bridgehead atoms. The van der Waals surface area contributed by atoms with Gasteiger partial charge in [0.15, 0.2) is 0 Å². The highest BCUT2D eigenvalue weighted by Gasteiger charge is 2.25. The number of carbonyl (C=O) groups is 1. The fourth-order valence-electron chi connectivity index (χ4n) is 3.85. The van der Waals surface area contributed by atoms with Crippen LogP contribution in [0.15, 0.2) is 34.7 Å². The van der Waals surface area contributed by atoms with Crippen LogP contribution in [0.5, 0.6) is 0 Å². The molecule has 3 aromatic rings. The number of unbranched alkanes of at least 4 members (excludes halogenated alkanes) is 1. The molecule has 0 saturated heterocycles. The van der Waals surface area contributed by atoms with Crippen molar-refractivity contribution in [1.29, 1.82) is 0 Å². The van der Waals surface area contributed by atoms with Crippen molar-refractivity contribution in [3.8, 4) is 11.3 Å². The Bertz CT molecular complexity index is 1270. The molecule has 0 saturated carbocycles. The first-order valence-electron chi connectivity index (χ1n) is 11.2. The number of halogens is 1. The molecule has 0 aliphatic heterocycles. The monoisotopic (exact) mass is 491 g/mol. The fourth-order valence-corrected chi connectivity index (χ4v) is 4.67. The van der Waals surface area contributed by atoms with E-state index in [0.29, 0.717) is 48.9 Å². The third kappa shape index (κ3) is 5.99. The third-order valence-electron chi connectivity index (χ3n) is 5.66. The van der Waals surface area contributed by atoms with Crippen LogP contribution in [0.25, 0.3) is 22.4 Å². The van der Waals surface area contributed by atoms with Crippen LogP contribution in [0.1, 0.15) is 54.7 Å². The predicted molar refractivity (Wildman–Crippen MR) is 128 cm³/mol. The van der Waals surface area contributed by atoms with Crippen molar-refractivity contribution < 1.29 is 27.1 Å². The van der Waals surface area contributed by atoms with Crippen LogP contribution in [-0.2, 0) is 23.0 Å². The van der Waals surface area contributed by atoms with E-state index in [1.54, 1.807) is 13.0 Å². The number of aromatic nitrogens is 1. The van der Waals surface area contributed by atoms with Crippen LogP contribution in [-0.4, -0.2) is 47.6 Å². The summed E-state index contributed by atoms with van der Waals surface area (Å²) in [4.78, 5) is 16.8. The average Bonchev–Trinajstić information content (AvgIpc) is 3.13. The molecule has 2 heterocycles. The van der Waals surface area contributed by atoms with E-state index in [4.69, 9.17) is 10.2 Å². The molecule has 3 rings (SSSR count). The normalized spacial score (nSPS) is 13.0. The molecule has 10 heteroatoms. The summed E-state index contributed by atoms with van der Waals surface area (Å²) in [5, 5.41) is 9.86. The standard InChI is InChI=1S/C24H30FN3O5S/c1-4-16-13-19-21(23(26)30)22(17-8-10-18(25)11-9-17)33-24(19)27-20(16)14-28(34(3,31)32)12-6-5-7-15(2)29/h8-11,13,15,29H,4-7,12,14H2,1-3H3,(H2,26,30). The maximum absolute atomic E-state index is 13.4. The van der Waals surface area contributed by atoms with E-state index in [9.17, 15) is 22.7 Å². The Morgan fingerprint density at radius 1 is 1.26 bits per heavy atom. The van der Waals surface area contributed by atoms with Gasteiger partial charge in [0.1, 0.15) is 11.6 Å². The predicted octanol–water partition coefficient (Wildman–Crippen LogP) is 3.61. The van der Waals surface area contributed by atoms with Gasteiger partial charge in [-0.3, -0.25) is 4.79 Å². The molecule has 0 radical (unpaired) electrons. The first kappa shape index (κ1) is 25.8. The molecule has 184 valence electrons. The number of aliphatic hydroxyl groups excluding tert-OH is 1. The van der Waals surface area contributed by atoms with Crippen molar-refractivity contribution in [3.63, 3.8) is 0 Å². The number of hydrogen-bond acceptors (Lipinski definition) is 6. The van der Waals surface area contributed by atoms with Gasteiger partial charge in [-0.1, -0.05) is 6.92 Å². The summed E-state index contributed by atoms with van der Waals surface area (Å²) in [6, 6.07) is 7.23. The number of nitrogens with zero attached hydrogens (tertiary/aromatic N) is 2. The van der Waals surface area contributed by atoms with Gasteiger partial charge >= 0.3 is 0 Å². The second-order valence-corrected chi connectivity index (χ2v) is 10.4. The number of furan rings is 1. The van der Waals surface area contributed by atoms with Crippen molar-refractivity contribution in [2.75, 3.05) is 12.8 Å². The Balaban J connectivity index is 2.02. The van der Waals surface area contributed by atoms with E-state index in [1.165, 1.54) is 28.6 Å². The molecule has 0 aliphatic rings. The lowest BCUT2D eigenvalue weighted by atomic mass is 10.0. The van der Waals surface area contributed by atoms with E-state index in [1.807, 2.05) is 6.92 Å². The van der Waals surface area contributed by atoms with Gasteiger partial charge in [-0.2, -0.15) is 4.31 Å². The molecule has 1 amide bonds. The van der Waals surface area contributed by atoms with Crippen molar-refractivity contribution in [2.45, 2.75) is 52.2 Å². The number of nitrogens with two attached hydrogens (primary N) is 1.